The highest BCUT2D eigenvalue weighted by atomic mass is 19.1. The fourth-order valence-corrected chi connectivity index (χ4v) is 3.81. The van der Waals surface area contributed by atoms with Crippen molar-refractivity contribution in [2.24, 2.45) is 11.8 Å². The zero-order valence-electron chi connectivity index (χ0n) is 18.7. The Labute approximate surface area is 182 Å². The van der Waals surface area contributed by atoms with Crippen LogP contribution in [0.5, 0.6) is 0 Å². The number of rotatable bonds is 7. The summed E-state index contributed by atoms with van der Waals surface area (Å²) >= 11 is 0. The lowest BCUT2D eigenvalue weighted by atomic mass is 10.0. The first-order valence-electron chi connectivity index (χ1n) is 11.1. The largest absolute Gasteiger partial charge is 0.344 e. The van der Waals surface area contributed by atoms with Gasteiger partial charge >= 0.3 is 0 Å². The van der Waals surface area contributed by atoms with E-state index in [9.17, 15) is 14.0 Å². The van der Waals surface area contributed by atoms with Crippen molar-refractivity contribution < 1.29 is 14.0 Å². The van der Waals surface area contributed by atoms with E-state index in [1.54, 1.807) is 12.1 Å². The van der Waals surface area contributed by atoms with Gasteiger partial charge in [-0.2, -0.15) is 0 Å². The summed E-state index contributed by atoms with van der Waals surface area (Å²) in [5.74, 6) is 0.488. The maximum absolute atomic E-state index is 14.5. The maximum atomic E-state index is 14.5. The number of halogens is 1. The van der Waals surface area contributed by atoms with Gasteiger partial charge in [-0.25, -0.2) is 4.39 Å². The summed E-state index contributed by atoms with van der Waals surface area (Å²) < 4.78 is 16.6. The molecule has 1 aliphatic rings. The Hall–Kier alpha value is -2.77. The molecular formula is C23H32FN5O2. The van der Waals surface area contributed by atoms with Crippen molar-refractivity contribution in [1.82, 2.24) is 20.1 Å². The van der Waals surface area contributed by atoms with Crippen LogP contribution in [0.2, 0.25) is 0 Å². The lowest BCUT2D eigenvalue weighted by Gasteiger charge is -2.22. The van der Waals surface area contributed by atoms with E-state index in [0.717, 1.165) is 38.1 Å². The van der Waals surface area contributed by atoms with Crippen molar-refractivity contribution in [2.75, 3.05) is 5.32 Å². The molecule has 1 atom stereocenters. The number of hydrogen-bond donors (Lipinski definition) is 2. The third-order valence-corrected chi connectivity index (χ3v) is 5.45. The number of carbonyl (C=O) groups excluding carboxylic acids is 2. The minimum absolute atomic E-state index is 0.0669. The zero-order valence-corrected chi connectivity index (χ0v) is 18.7. The SMILES string of the molecule is CC(C)CC(=O)NC(C(=O)Nc1cc(-c2nnc3n2CCCCC3)ccc1F)C(C)C. The molecule has 7 nitrogen and oxygen atoms in total. The minimum atomic E-state index is -0.751. The zero-order chi connectivity index (χ0) is 22.5. The maximum Gasteiger partial charge on any atom is 0.247 e. The number of amides is 2. The van der Waals surface area contributed by atoms with Gasteiger partial charge in [0, 0.05) is 24.9 Å². The lowest BCUT2D eigenvalue weighted by Crippen LogP contribution is -2.47. The molecule has 2 amide bonds. The van der Waals surface area contributed by atoms with Crippen molar-refractivity contribution in [3.05, 3.63) is 29.8 Å². The van der Waals surface area contributed by atoms with E-state index in [0.29, 0.717) is 17.8 Å². The molecule has 0 radical (unpaired) electrons. The molecule has 31 heavy (non-hydrogen) atoms. The van der Waals surface area contributed by atoms with Crippen LogP contribution < -0.4 is 10.6 Å². The van der Waals surface area contributed by atoms with E-state index in [1.807, 2.05) is 27.7 Å². The van der Waals surface area contributed by atoms with Gasteiger partial charge < -0.3 is 15.2 Å². The molecule has 0 bridgehead atoms. The Bertz CT molecular complexity index is 938. The third-order valence-electron chi connectivity index (χ3n) is 5.45. The van der Waals surface area contributed by atoms with Crippen LogP contribution in [0.25, 0.3) is 11.4 Å². The van der Waals surface area contributed by atoms with Gasteiger partial charge in [0.15, 0.2) is 5.82 Å². The number of anilines is 1. The molecule has 0 fully saturated rings. The Morgan fingerprint density at radius 1 is 1.13 bits per heavy atom. The number of aryl methyl sites for hydroxylation is 1. The van der Waals surface area contributed by atoms with Crippen LogP contribution in [0.4, 0.5) is 10.1 Å². The molecule has 1 aromatic heterocycles. The minimum Gasteiger partial charge on any atom is -0.344 e. The highest BCUT2D eigenvalue weighted by molar-refractivity contribution is 5.97. The highest BCUT2D eigenvalue weighted by Gasteiger charge is 2.26. The molecule has 1 aliphatic heterocycles. The molecule has 0 aliphatic carbocycles. The van der Waals surface area contributed by atoms with Gasteiger partial charge in [0.05, 0.1) is 5.69 Å². The Morgan fingerprint density at radius 2 is 1.90 bits per heavy atom. The molecule has 3 rings (SSSR count). The van der Waals surface area contributed by atoms with Gasteiger partial charge in [0.1, 0.15) is 17.7 Å². The summed E-state index contributed by atoms with van der Waals surface area (Å²) in [5.41, 5.74) is 0.763. The van der Waals surface area contributed by atoms with Gasteiger partial charge in [0.25, 0.3) is 0 Å². The standard InChI is InChI=1S/C23H32FN5O2/c1-14(2)12-20(30)26-21(15(3)4)23(31)25-18-13-16(9-10-17(18)24)22-28-27-19-8-6-5-7-11-29(19)22/h9-10,13-15,21H,5-8,11-12H2,1-4H3,(H,25,31)(H,26,30). The van der Waals surface area contributed by atoms with Crippen LogP contribution in [0, 0.1) is 17.7 Å². The predicted octanol–water partition coefficient (Wildman–Crippen LogP) is 3.94. The summed E-state index contributed by atoms with van der Waals surface area (Å²) in [6, 6.07) is 3.81. The van der Waals surface area contributed by atoms with Crippen molar-refractivity contribution in [3.63, 3.8) is 0 Å². The third kappa shape index (κ3) is 5.68. The molecule has 1 unspecified atom stereocenters. The van der Waals surface area contributed by atoms with Gasteiger partial charge in [-0.1, -0.05) is 34.1 Å². The molecule has 2 aromatic rings. The molecule has 168 valence electrons. The van der Waals surface area contributed by atoms with Gasteiger partial charge in [-0.3, -0.25) is 9.59 Å². The van der Waals surface area contributed by atoms with Crippen LogP contribution in [0.1, 0.15) is 59.2 Å². The van der Waals surface area contributed by atoms with E-state index in [1.165, 1.54) is 6.07 Å². The molecule has 0 saturated heterocycles. The number of carbonyl (C=O) groups is 2. The normalized spacial score (nSPS) is 14.8. The smallest absolute Gasteiger partial charge is 0.247 e. The van der Waals surface area contributed by atoms with E-state index < -0.39 is 17.8 Å². The molecule has 1 aromatic carbocycles. The monoisotopic (exact) mass is 429 g/mol. The van der Waals surface area contributed by atoms with Crippen molar-refractivity contribution >= 4 is 17.5 Å². The first-order valence-corrected chi connectivity index (χ1v) is 11.1. The highest BCUT2D eigenvalue weighted by Crippen LogP contribution is 2.27. The van der Waals surface area contributed by atoms with Crippen LogP contribution >= 0.6 is 0 Å². The van der Waals surface area contributed by atoms with Gasteiger partial charge in [-0.05, 0) is 42.9 Å². The molecular weight excluding hydrogens is 397 g/mol. The topological polar surface area (TPSA) is 88.9 Å². The summed E-state index contributed by atoms with van der Waals surface area (Å²) in [5, 5.41) is 14.0. The molecule has 0 spiro atoms. The fourth-order valence-electron chi connectivity index (χ4n) is 3.81. The summed E-state index contributed by atoms with van der Waals surface area (Å²) in [6.07, 6.45) is 4.49. The molecule has 2 N–H and O–H groups in total. The fraction of sp³-hybridized carbons (Fsp3) is 0.565. The van der Waals surface area contributed by atoms with Gasteiger partial charge in [-0.15, -0.1) is 10.2 Å². The Balaban J connectivity index is 1.81. The second-order valence-electron chi connectivity index (χ2n) is 8.97. The average molecular weight is 430 g/mol. The Morgan fingerprint density at radius 3 is 2.61 bits per heavy atom. The second-order valence-corrected chi connectivity index (χ2v) is 8.97. The molecule has 8 heteroatoms. The van der Waals surface area contributed by atoms with Crippen LogP contribution in [-0.4, -0.2) is 32.6 Å². The van der Waals surface area contributed by atoms with Crippen LogP contribution in [-0.2, 0) is 22.6 Å². The summed E-state index contributed by atoms with van der Waals surface area (Å²) in [6.45, 7) is 8.40. The summed E-state index contributed by atoms with van der Waals surface area (Å²) in [7, 11) is 0. The number of fused-ring (bicyclic) bond motifs is 1. The number of nitrogens with zero attached hydrogens (tertiary/aromatic N) is 3. The summed E-state index contributed by atoms with van der Waals surface area (Å²) in [4.78, 5) is 25.1. The van der Waals surface area contributed by atoms with Crippen LogP contribution in [0.3, 0.4) is 0 Å². The van der Waals surface area contributed by atoms with Crippen molar-refractivity contribution in [3.8, 4) is 11.4 Å². The van der Waals surface area contributed by atoms with E-state index in [4.69, 9.17) is 0 Å². The number of aromatic nitrogens is 3. The number of benzene rings is 1. The molecule has 2 heterocycles. The van der Waals surface area contributed by atoms with E-state index in [-0.39, 0.29) is 23.4 Å². The lowest BCUT2D eigenvalue weighted by molar-refractivity contribution is -0.127. The van der Waals surface area contributed by atoms with Crippen molar-refractivity contribution in [1.29, 1.82) is 0 Å². The van der Waals surface area contributed by atoms with E-state index >= 15 is 0 Å². The van der Waals surface area contributed by atoms with E-state index in [2.05, 4.69) is 25.4 Å². The predicted molar refractivity (Wildman–Crippen MR) is 118 cm³/mol. The quantitative estimate of drug-likeness (QED) is 0.698. The number of hydrogen-bond acceptors (Lipinski definition) is 4. The van der Waals surface area contributed by atoms with Crippen LogP contribution in [0.15, 0.2) is 18.2 Å². The van der Waals surface area contributed by atoms with Crippen molar-refractivity contribution in [2.45, 2.75) is 72.4 Å². The average Bonchev–Trinajstić information content (AvgIpc) is 2.95. The van der Waals surface area contributed by atoms with Gasteiger partial charge in [0.2, 0.25) is 11.8 Å². The first-order chi connectivity index (χ1) is 14.8. The second kappa shape index (κ2) is 10.0. The Kier molecular flexibility index (Phi) is 7.41. The number of nitrogens with one attached hydrogen (secondary N) is 2. The molecule has 0 saturated carbocycles. The first kappa shape index (κ1) is 22.9.